The third-order valence-electron chi connectivity index (χ3n) is 7.51. The number of alkyl halides is 4. The molecule has 1 amide bonds. The molecular weight excluding hydrogens is 578 g/mol. The predicted octanol–water partition coefficient (Wildman–Crippen LogP) is 6.76. The number of unbranched alkanes of at least 4 members (excludes halogenated alkanes) is 1. The number of nitrogens with one attached hydrogen (secondary N) is 1. The van der Waals surface area contributed by atoms with Crippen LogP contribution in [-0.4, -0.2) is 47.3 Å². The molecule has 40 heavy (non-hydrogen) atoms. The van der Waals surface area contributed by atoms with E-state index >= 15 is 0 Å². The third-order valence-corrected chi connectivity index (χ3v) is 8.37. The first-order valence-corrected chi connectivity index (χ1v) is 14.7. The van der Waals surface area contributed by atoms with Crippen LogP contribution in [-0.2, 0) is 11.0 Å². The Hall–Kier alpha value is -2.47. The van der Waals surface area contributed by atoms with Gasteiger partial charge in [-0.25, -0.2) is 13.2 Å². The molecule has 5 nitrogen and oxygen atoms in total. The van der Waals surface area contributed by atoms with Gasteiger partial charge in [0.1, 0.15) is 5.69 Å². The smallest absolute Gasteiger partial charge is 0.371 e. The van der Waals surface area contributed by atoms with Crippen LogP contribution in [0.5, 0.6) is 0 Å². The monoisotopic (exact) mass is 606 g/mol. The van der Waals surface area contributed by atoms with Gasteiger partial charge < -0.3 is 10.2 Å². The largest absolute Gasteiger partial charge is 0.433 e. The zero-order valence-corrected chi connectivity index (χ0v) is 23.2. The summed E-state index contributed by atoms with van der Waals surface area (Å²) < 4.78 is 81.6. The molecule has 1 aromatic heterocycles. The highest BCUT2D eigenvalue weighted by Gasteiger charge is 2.43. The van der Waals surface area contributed by atoms with Crippen molar-refractivity contribution >= 4 is 40.1 Å². The fraction of sp³-hybridized carbons (Fsp3) is 0.519. The number of hydrogen-bond donors (Lipinski definition) is 1. The van der Waals surface area contributed by atoms with Gasteiger partial charge in [-0.05, 0) is 62.0 Å². The van der Waals surface area contributed by atoms with Crippen LogP contribution in [0.15, 0.2) is 35.5 Å². The number of aromatic nitrogens is 1. The summed E-state index contributed by atoms with van der Waals surface area (Å²) in [5.74, 6) is -5.58. The maximum Gasteiger partial charge on any atom is 0.433 e. The zero-order chi connectivity index (χ0) is 29.0. The topological polar surface area (TPSA) is 57.6 Å². The highest BCUT2D eigenvalue weighted by atomic mass is 35.5. The lowest BCUT2D eigenvalue weighted by atomic mass is 9.92. The molecule has 1 aliphatic heterocycles. The molecule has 2 bridgehead atoms. The number of amides is 1. The summed E-state index contributed by atoms with van der Waals surface area (Å²) in [5.41, 5.74) is -0.730. The minimum absolute atomic E-state index is 0.0588. The van der Waals surface area contributed by atoms with E-state index in [0.29, 0.717) is 42.7 Å². The number of aliphatic imine (C=N–C) groups is 1. The van der Waals surface area contributed by atoms with Crippen LogP contribution in [0.3, 0.4) is 0 Å². The van der Waals surface area contributed by atoms with Crippen molar-refractivity contribution in [2.24, 2.45) is 16.8 Å². The Balaban J connectivity index is 1.50. The molecule has 2 heterocycles. The van der Waals surface area contributed by atoms with Crippen molar-refractivity contribution in [3.63, 3.8) is 0 Å². The van der Waals surface area contributed by atoms with E-state index < -0.39 is 41.1 Å². The van der Waals surface area contributed by atoms with Crippen molar-refractivity contribution in [3.8, 4) is 0 Å². The van der Waals surface area contributed by atoms with Crippen LogP contribution in [0.1, 0.15) is 49.3 Å². The van der Waals surface area contributed by atoms with E-state index in [2.05, 4.69) is 10.3 Å². The number of nitrogens with zero attached hydrogens (tertiary/aromatic N) is 3. The molecular formula is C27H29ClF6N4OS. The standard InChI is InChI=1S/C27H29ClF6N4OS/c1-40-26(37-25(39)19(4-2-3-10-28)18-7-8-20(29)23(31)22(18)30)36-24-15-5-6-16(24)14-38(13-15)17-9-11-35-21(12-17)27(32,33)34/h7-9,11-12,15-16,19,24H,2-6,10,13-14H2,1H3,(H,36,37,39)/t15-,16+,19?,24-. The maximum absolute atomic E-state index is 14.6. The maximum atomic E-state index is 14.6. The lowest BCUT2D eigenvalue weighted by molar-refractivity contribution is -0.141. The quantitative estimate of drug-likeness (QED) is 0.0901. The summed E-state index contributed by atoms with van der Waals surface area (Å²) >= 11 is 6.95. The van der Waals surface area contributed by atoms with Crippen molar-refractivity contribution in [1.82, 2.24) is 10.3 Å². The first kappa shape index (κ1) is 30.5. The normalized spacial score (nSPS) is 21.9. The number of halogens is 7. The average molecular weight is 607 g/mol. The molecule has 2 aromatic rings. The Kier molecular flexibility index (Phi) is 9.92. The summed E-state index contributed by atoms with van der Waals surface area (Å²) in [6, 6.07) is 4.34. The molecule has 0 spiro atoms. The lowest BCUT2D eigenvalue weighted by Gasteiger charge is -2.38. The van der Waals surface area contributed by atoms with Gasteiger partial charge in [0.05, 0.1) is 12.0 Å². The van der Waals surface area contributed by atoms with E-state index in [0.717, 1.165) is 37.2 Å². The first-order chi connectivity index (χ1) is 19.0. The first-order valence-electron chi connectivity index (χ1n) is 12.9. The number of carbonyl (C=O) groups excluding carboxylic acids is 1. The van der Waals surface area contributed by atoms with Crippen LogP contribution < -0.4 is 10.2 Å². The molecule has 1 saturated carbocycles. The number of anilines is 1. The van der Waals surface area contributed by atoms with E-state index in [9.17, 15) is 31.1 Å². The Morgan fingerprint density at radius 2 is 1.85 bits per heavy atom. The van der Waals surface area contributed by atoms with Gasteiger partial charge in [0.25, 0.3) is 0 Å². The fourth-order valence-corrected chi connectivity index (χ4v) is 6.15. The summed E-state index contributed by atoms with van der Waals surface area (Å²) in [6.45, 7) is 1.01. The Labute approximate surface area is 237 Å². The van der Waals surface area contributed by atoms with Crippen LogP contribution >= 0.6 is 23.4 Å². The van der Waals surface area contributed by atoms with Crippen molar-refractivity contribution in [1.29, 1.82) is 0 Å². The number of benzene rings is 1. The van der Waals surface area contributed by atoms with Crippen LogP contribution in [0.25, 0.3) is 0 Å². The van der Waals surface area contributed by atoms with E-state index in [-0.39, 0.29) is 29.9 Å². The van der Waals surface area contributed by atoms with Gasteiger partial charge in [-0.15, -0.1) is 11.6 Å². The molecule has 0 radical (unpaired) electrons. The van der Waals surface area contributed by atoms with Gasteiger partial charge in [0.2, 0.25) is 5.91 Å². The van der Waals surface area contributed by atoms with Crippen molar-refractivity contribution < 1.29 is 31.1 Å². The van der Waals surface area contributed by atoms with E-state index in [4.69, 9.17) is 16.6 Å². The summed E-state index contributed by atoms with van der Waals surface area (Å²) in [5, 5.41) is 3.06. The molecule has 218 valence electrons. The van der Waals surface area contributed by atoms with Crippen LogP contribution in [0, 0.1) is 29.3 Å². The van der Waals surface area contributed by atoms with Crippen molar-refractivity contribution in [3.05, 3.63) is 59.2 Å². The van der Waals surface area contributed by atoms with Gasteiger partial charge in [-0.3, -0.25) is 14.8 Å². The second-order valence-corrected chi connectivity index (χ2v) is 11.2. The van der Waals surface area contributed by atoms with E-state index in [1.165, 1.54) is 11.8 Å². The highest BCUT2D eigenvalue weighted by molar-refractivity contribution is 8.13. The highest BCUT2D eigenvalue weighted by Crippen LogP contribution is 2.41. The molecule has 1 aromatic carbocycles. The minimum atomic E-state index is -4.53. The molecule has 2 fully saturated rings. The van der Waals surface area contributed by atoms with E-state index in [1.807, 2.05) is 4.90 Å². The van der Waals surface area contributed by atoms with Crippen molar-refractivity contribution in [2.45, 2.75) is 50.2 Å². The van der Waals surface area contributed by atoms with Gasteiger partial charge in [-0.2, -0.15) is 13.2 Å². The SMILES string of the molecule is CS/C(=N\[C@@H]1[C@@H]2CC[C@H]1CN(c1ccnc(C(F)(F)F)c1)C2)NC(=O)C(CCCCCl)c1ccc(F)c(F)c1F. The minimum Gasteiger partial charge on any atom is -0.371 e. The Morgan fingerprint density at radius 1 is 1.15 bits per heavy atom. The van der Waals surface area contributed by atoms with Gasteiger partial charge in [0.15, 0.2) is 22.6 Å². The number of pyridine rings is 1. The third kappa shape index (κ3) is 6.87. The number of hydrogen-bond acceptors (Lipinski definition) is 5. The van der Waals surface area contributed by atoms with Crippen LogP contribution in [0.2, 0.25) is 0 Å². The number of piperidine rings is 1. The molecule has 2 aliphatic rings. The number of thioether (sulfide) groups is 1. The van der Waals surface area contributed by atoms with Gasteiger partial charge in [0, 0.05) is 36.4 Å². The summed E-state index contributed by atoms with van der Waals surface area (Å²) in [7, 11) is 0. The van der Waals surface area contributed by atoms with Crippen molar-refractivity contribution in [2.75, 3.05) is 30.1 Å². The van der Waals surface area contributed by atoms with E-state index in [1.54, 1.807) is 12.3 Å². The molecule has 13 heteroatoms. The molecule has 1 unspecified atom stereocenters. The predicted molar refractivity (Wildman–Crippen MR) is 144 cm³/mol. The Bertz CT molecular complexity index is 1230. The number of fused-ring (bicyclic) bond motifs is 2. The van der Waals surface area contributed by atoms with Crippen LogP contribution in [0.4, 0.5) is 32.0 Å². The molecule has 4 rings (SSSR count). The second-order valence-electron chi connectivity index (χ2n) is 10.0. The zero-order valence-electron chi connectivity index (χ0n) is 21.7. The van der Waals surface area contributed by atoms with Gasteiger partial charge >= 0.3 is 6.18 Å². The number of amidine groups is 1. The molecule has 1 aliphatic carbocycles. The molecule has 1 N–H and O–H groups in total. The average Bonchev–Trinajstić information content (AvgIpc) is 3.14. The Morgan fingerprint density at radius 3 is 2.48 bits per heavy atom. The number of carbonyl (C=O) groups is 1. The number of rotatable bonds is 8. The van der Waals surface area contributed by atoms with Gasteiger partial charge in [-0.1, -0.05) is 24.2 Å². The summed E-state index contributed by atoms with van der Waals surface area (Å²) in [6.07, 6.45) is 1.23. The molecule has 4 atom stereocenters. The molecule has 1 saturated heterocycles. The fourth-order valence-electron chi connectivity index (χ4n) is 5.53. The second kappa shape index (κ2) is 13.0. The lowest BCUT2D eigenvalue weighted by Crippen LogP contribution is -2.45. The summed E-state index contributed by atoms with van der Waals surface area (Å²) in [4.78, 5) is 23.5.